The molecule has 0 saturated heterocycles. The highest BCUT2D eigenvalue weighted by molar-refractivity contribution is 6.32. The number of hydrogen-bond acceptors (Lipinski definition) is 2. The molecule has 0 aliphatic carbocycles. The summed E-state index contributed by atoms with van der Waals surface area (Å²) in [6.07, 6.45) is 0. The van der Waals surface area contributed by atoms with Gasteiger partial charge in [-0.3, -0.25) is 0 Å². The lowest BCUT2D eigenvalue weighted by molar-refractivity contribution is 0.362. The van der Waals surface area contributed by atoms with Gasteiger partial charge < -0.3 is 9.47 Å². The third kappa shape index (κ3) is 1.92. The van der Waals surface area contributed by atoms with E-state index < -0.39 is 0 Å². The SMILES string of the molecule is Bc1cc(C)c(C(=C)OC)c(OC)c1. The molecule has 74 valence electrons. The van der Waals surface area contributed by atoms with Gasteiger partial charge in [0.15, 0.2) is 0 Å². The van der Waals surface area contributed by atoms with Crippen LogP contribution in [0.3, 0.4) is 0 Å². The Balaban J connectivity index is 3.32. The highest BCUT2D eigenvalue weighted by Gasteiger charge is 2.10. The second-order valence-corrected chi connectivity index (χ2v) is 3.29. The van der Waals surface area contributed by atoms with Crippen molar-refractivity contribution in [3.8, 4) is 5.75 Å². The summed E-state index contributed by atoms with van der Waals surface area (Å²) in [6, 6.07) is 4.06. The van der Waals surface area contributed by atoms with Crippen molar-refractivity contribution in [3.05, 3.63) is 29.8 Å². The van der Waals surface area contributed by atoms with Crippen molar-refractivity contribution in [2.45, 2.75) is 6.92 Å². The number of aryl methyl sites for hydroxylation is 1. The molecule has 0 saturated carbocycles. The van der Waals surface area contributed by atoms with Crippen LogP contribution in [0.15, 0.2) is 18.7 Å². The number of benzene rings is 1. The topological polar surface area (TPSA) is 18.5 Å². The zero-order valence-electron chi connectivity index (χ0n) is 9.18. The van der Waals surface area contributed by atoms with Gasteiger partial charge in [-0.25, -0.2) is 0 Å². The highest BCUT2D eigenvalue weighted by Crippen LogP contribution is 2.27. The van der Waals surface area contributed by atoms with E-state index in [1.54, 1.807) is 14.2 Å². The molecule has 0 bridgehead atoms. The third-order valence-corrected chi connectivity index (χ3v) is 2.19. The summed E-state index contributed by atoms with van der Waals surface area (Å²) in [6.45, 7) is 5.86. The molecule has 14 heavy (non-hydrogen) atoms. The minimum Gasteiger partial charge on any atom is -0.497 e. The summed E-state index contributed by atoms with van der Waals surface area (Å²) in [5.74, 6) is 1.45. The van der Waals surface area contributed by atoms with Crippen molar-refractivity contribution in [1.29, 1.82) is 0 Å². The Bertz CT molecular complexity index is 359. The Morgan fingerprint density at radius 2 is 2.00 bits per heavy atom. The van der Waals surface area contributed by atoms with Crippen LogP contribution in [0.25, 0.3) is 5.76 Å². The molecule has 0 radical (unpaired) electrons. The lowest BCUT2D eigenvalue weighted by atomic mass is 9.91. The molecule has 0 heterocycles. The Kier molecular flexibility index (Phi) is 3.23. The summed E-state index contributed by atoms with van der Waals surface area (Å²) in [5, 5.41) is 0. The molecular weight excluding hydrogens is 175 g/mol. The summed E-state index contributed by atoms with van der Waals surface area (Å²) in [4.78, 5) is 0. The van der Waals surface area contributed by atoms with Gasteiger partial charge in [-0.1, -0.05) is 18.1 Å². The van der Waals surface area contributed by atoms with Crippen LogP contribution in [0.2, 0.25) is 0 Å². The van der Waals surface area contributed by atoms with Gasteiger partial charge in [-0.15, -0.1) is 0 Å². The monoisotopic (exact) mass is 190 g/mol. The van der Waals surface area contributed by atoms with E-state index in [1.807, 2.05) is 20.8 Å². The first-order valence-corrected chi connectivity index (χ1v) is 4.48. The maximum absolute atomic E-state index is 5.29. The van der Waals surface area contributed by atoms with Gasteiger partial charge in [0.2, 0.25) is 0 Å². The molecule has 0 fully saturated rings. The van der Waals surface area contributed by atoms with Gasteiger partial charge in [-0.2, -0.15) is 0 Å². The first-order valence-electron chi connectivity index (χ1n) is 4.48. The summed E-state index contributed by atoms with van der Waals surface area (Å²) < 4.78 is 10.4. The van der Waals surface area contributed by atoms with Crippen molar-refractivity contribution in [2.24, 2.45) is 0 Å². The summed E-state index contributed by atoms with van der Waals surface area (Å²) >= 11 is 0. The molecule has 0 atom stereocenters. The van der Waals surface area contributed by atoms with Gasteiger partial charge in [-0.05, 0) is 18.6 Å². The standard InChI is InChI=1S/C11H15BO2/c1-7-5-9(12)6-10(14-4)11(7)8(2)13-3/h5-6H,2,12H2,1,3-4H3. The first kappa shape index (κ1) is 10.7. The predicted molar refractivity (Wildman–Crippen MR) is 62.0 cm³/mol. The molecule has 0 unspecified atom stereocenters. The molecule has 0 aliphatic rings. The van der Waals surface area contributed by atoms with Crippen LogP contribution < -0.4 is 10.2 Å². The Morgan fingerprint density at radius 3 is 2.50 bits per heavy atom. The van der Waals surface area contributed by atoms with E-state index in [1.165, 1.54) is 5.46 Å². The maximum Gasteiger partial charge on any atom is 0.139 e. The molecule has 3 heteroatoms. The molecule has 0 aromatic heterocycles. The molecule has 2 nitrogen and oxygen atoms in total. The molecule has 0 amide bonds. The van der Waals surface area contributed by atoms with Crippen molar-refractivity contribution < 1.29 is 9.47 Å². The number of hydrogen-bond donors (Lipinski definition) is 0. The Morgan fingerprint density at radius 1 is 1.36 bits per heavy atom. The predicted octanol–water partition coefficient (Wildman–Crippen LogP) is 0.879. The fraction of sp³-hybridized carbons (Fsp3) is 0.273. The average molecular weight is 190 g/mol. The lowest BCUT2D eigenvalue weighted by Gasteiger charge is -2.14. The van der Waals surface area contributed by atoms with E-state index in [4.69, 9.17) is 9.47 Å². The molecule has 1 aromatic carbocycles. The van der Waals surface area contributed by atoms with Crippen molar-refractivity contribution in [2.75, 3.05) is 14.2 Å². The van der Waals surface area contributed by atoms with Crippen LogP contribution in [0.1, 0.15) is 11.1 Å². The van der Waals surface area contributed by atoms with Gasteiger partial charge in [0.1, 0.15) is 19.4 Å². The molecule has 0 N–H and O–H groups in total. The zero-order valence-corrected chi connectivity index (χ0v) is 9.18. The van der Waals surface area contributed by atoms with E-state index >= 15 is 0 Å². The number of rotatable bonds is 3. The fourth-order valence-electron chi connectivity index (χ4n) is 1.55. The summed E-state index contributed by atoms with van der Waals surface area (Å²) in [5.41, 5.74) is 3.24. The van der Waals surface area contributed by atoms with Crippen LogP contribution in [0.4, 0.5) is 0 Å². The second kappa shape index (κ2) is 4.22. The van der Waals surface area contributed by atoms with Crippen molar-refractivity contribution >= 4 is 19.1 Å². The van der Waals surface area contributed by atoms with E-state index in [0.29, 0.717) is 5.76 Å². The zero-order chi connectivity index (χ0) is 10.7. The number of ether oxygens (including phenoxy) is 2. The van der Waals surface area contributed by atoms with E-state index in [-0.39, 0.29) is 0 Å². The van der Waals surface area contributed by atoms with Crippen LogP contribution >= 0.6 is 0 Å². The average Bonchev–Trinajstić information content (AvgIpc) is 2.15. The van der Waals surface area contributed by atoms with Gasteiger partial charge in [0.25, 0.3) is 0 Å². The van der Waals surface area contributed by atoms with Crippen LogP contribution in [0, 0.1) is 6.92 Å². The quantitative estimate of drug-likeness (QED) is 0.520. The first-order chi connectivity index (χ1) is 6.60. The molecular formula is C11H15BO2. The van der Waals surface area contributed by atoms with Crippen LogP contribution in [0.5, 0.6) is 5.75 Å². The molecule has 0 spiro atoms. The van der Waals surface area contributed by atoms with E-state index in [9.17, 15) is 0 Å². The second-order valence-electron chi connectivity index (χ2n) is 3.29. The normalized spacial score (nSPS) is 9.64. The van der Waals surface area contributed by atoms with Crippen molar-refractivity contribution in [3.63, 3.8) is 0 Å². The third-order valence-electron chi connectivity index (χ3n) is 2.19. The highest BCUT2D eigenvalue weighted by atomic mass is 16.5. The van der Waals surface area contributed by atoms with Gasteiger partial charge in [0, 0.05) is 0 Å². The number of methoxy groups -OCH3 is 2. The van der Waals surface area contributed by atoms with E-state index in [2.05, 4.69) is 12.6 Å². The lowest BCUT2D eigenvalue weighted by Crippen LogP contribution is -2.07. The fourth-order valence-corrected chi connectivity index (χ4v) is 1.55. The minimum absolute atomic E-state index is 0.638. The van der Waals surface area contributed by atoms with Crippen LogP contribution in [-0.2, 0) is 4.74 Å². The van der Waals surface area contributed by atoms with Crippen LogP contribution in [-0.4, -0.2) is 22.1 Å². The summed E-state index contributed by atoms with van der Waals surface area (Å²) in [7, 11) is 5.30. The molecule has 1 aromatic rings. The van der Waals surface area contributed by atoms with E-state index in [0.717, 1.165) is 16.9 Å². The Labute approximate surface area is 85.9 Å². The van der Waals surface area contributed by atoms with Crippen molar-refractivity contribution in [1.82, 2.24) is 0 Å². The maximum atomic E-state index is 5.29. The smallest absolute Gasteiger partial charge is 0.139 e. The largest absolute Gasteiger partial charge is 0.497 e. The van der Waals surface area contributed by atoms with Gasteiger partial charge in [0.05, 0.1) is 19.8 Å². The molecule has 0 aliphatic heterocycles. The Hall–Kier alpha value is -1.38. The van der Waals surface area contributed by atoms with Gasteiger partial charge >= 0.3 is 0 Å². The minimum atomic E-state index is 0.638. The molecule has 1 rings (SSSR count).